The zero-order chi connectivity index (χ0) is 14.1. The van der Waals surface area contributed by atoms with Gasteiger partial charge in [-0.05, 0) is 18.2 Å². The van der Waals surface area contributed by atoms with Crippen LogP contribution in [0.25, 0.3) is 11.3 Å². The molecule has 2 heterocycles. The summed E-state index contributed by atoms with van der Waals surface area (Å²) >= 11 is 6.20. The first-order valence-electron chi connectivity index (χ1n) is 6.04. The molecular weight excluding hydrogens is 284 g/mol. The minimum atomic E-state index is -1.08. The van der Waals surface area contributed by atoms with Crippen LogP contribution in [0.4, 0.5) is 0 Å². The number of aromatic nitrogens is 2. The summed E-state index contributed by atoms with van der Waals surface area (Å²) in [5.74, 6) is -0.000671. The minimum absolute atomic E-state index is 0.0109. The topological polar surface area (TPSA) is 84.4 Å². The summed E-state index contributed by atoms with van der Waals surface area (Å²) in [6.07, 6.45) is 0.771. The van der Waals surface area contributed by atoms with E-state index in [9.17, 15) is 4.79 Å². The van der Waals surface area contributed by atoms with Crippen molar-refractivity contribution in [1.29, 1.82) is 0 Å². The van der Waals surface area contributed by atoms with Gasteiger partial charge in [0.1, 0.15) is 5.69 Å². The van der Waals surface area contributed by atoms with Crippen molar-refractivity contribution in [2.75, 3.05) is 13.2 Å². The lowest BCUT2D eigenvalue weighted by Crippen LogP contribution is -1.98. The van der Waals surface area contributed by atoms with Gasteiger partial charge in [-0.15, -0.1) is 0 Å². The summed E-state index contributed by atoms with van der Waals surface area (Å²) in [5, 5.41) is 15.8. The number of hydrogen-bond acceptors (Lipinski definition) is 4. The third-order valence-electron chi connectivity index (χ3n) is 2.93. The van der Waals surface area contributed by atoms with Crippen LogP contribution in [0, 0.1) is 0 Å². The van der Waals surface area contributed by atoms with E-state index in [0.29, 0.717) is 41.0 Å². The van der Waals surface area contributed by atoms with E-state index < -0.39 is 5.97 Å². The standard InChI is InChI=1S/C13H11ClN2O4/c14-7-2-3-10-12(20-5-1-4-19-10)11(7)8-6-9(13(17)18)16-15-8/h2-3,6H,1,4-5H2,(H,15,16)(H,17,18). The molecule has 1 aliphatic rings. The molecule has 104 valence electrons. The number of halogens is 1. The SMILES string of the molecule is O=C(O)c1cc(-c2c(Cl)ccc3c2OCCCO3)n[nH]1. The summed E-state index contributed by atoms with van der Waals surface area (Å²) in [7, 11) is 0. The van der Waals surface area contributed by atoms with Crippen molar-refractivity contribution in [2.45, 2.75) is 6.42 Å². The second kappa shape index (κ2) is 5.05. The summed E-state index contributed by atoms with van der Waals surface area (Å²) in [6, 6.07) is 4.83. The van der Waals surface area contributed by atoms with Gasteiger partial charge in [-0.25, -0.2) is 4.79 Å². The first-order chi connectivity index (χ1) is 9.66. The first kappa shape index (κ1) is 12.8. The molecule has 1 aromatic heterocycles. The lowest BCUT2D eigenvalue weighted by atomic mass is 10.1. The van der Waals surface area contributed by atoms with Crippen LogP contribution in [0.5, 0.6) is 11.5 Å². The number of H-pyrrole nitrogens is 1. The van der Waals surface area contributed by atoms with E-state index >= 15 is 0 Å². The molecule has 20 heavy (non-hydrogen) atoms. The summed E-state index contributed by atoms with van der Waals surface area (Å²) in [4.78, 5) is 10.9. The number of aromatic amines is 1. The molecule has 0 aliphatic carbocycles. The smallest absolute Gasteiger partial charge is 0.353 e. The number of aromatic carboxylic acids is 1. The zero-order valence-corrected chi connectivity index (χ0v) is 11.1. The second-order valence-corrected chi connectivity index (χ2v) is 4.68. The molecule has 1 aliphatic heterocycles. The fourth-order valence-corrected chi connectivity index (χ4v) is 2.26. The van der Waals surface area contributed by atoms with Gasteiger partial charge in [0.25, 0.3) is 0 Å². The van der Waals surface area contributed by atoms with Crippen molar-refractivity contribution in [3.05, 3.63) is 28.9 Å². The largest absolute Gasteiger partial charge is 0.490 e. The summed E-state index contributed by atoms with van der Waals surface area (Å²) < 4.78 is 11.3. The third kappa shape index (κ3) is 2.18. The number of ether oxygens (including phenoxy) is 2. The Morgan fingerprint density at radius 1 is 1.35 bits per heavy atom. The molecule has 0 unspecified atom stereocenters. The van der Waals surface area contributed by atoms with Crippen LogP contribution in [0.3, 0.4) is 0 Å². The lowest BCUT2D eigenvalue weighted by molar-refractivity contribution is 0.0690. The maximum atomic E-state index is 10.9. The molecule has 7 heteroatoms. The van der Waals surface area contributed by atoms with E-state index in [1.54, 1.807) is 12.1 Å². The van der Waals surface area contributed by atoms with E-state index in [1.165, 1.54) is 6.07 Å². The molecule has 0 radical (unpaired) electrons. The highest BCUT2D eigenvalue weighted by Crippen LogP contribution is 2.43. The maximum Gasteiger partial charge on any atom is 0.353 e. The molecule has 0 bridgehead atoms. The van der Waals surface area contributed by atoms with Crippen molar-refractivity contribution < 1.29 is 19.4 Å². The fourth-order valence-electron chi connectivity index (χ4n) is 2.01. The van der Waals surface area contributed by atoms with Crippen LogP contribution in [0.1, 0.15) is 16.9 Å². The molecule has 1 aromatic carbocycles. The number of carboxylic acid groups (broad SMARTS) is 1. The number of rotatable bonds is 2. The first-order valence-corrected chi connectivity index (χ1v) is 6.42. The van der Waals surface area contributed by atoms with Gasteiger partial charge in [0.15, 0.2) is 11.5 Å². The Bertz CT molecular complexity index is 668. The Kier molecular flexibility index (Phi) is 3.23. The Labute approximate surface area is 119 Å². The van der Waals surface area contributed by atoms with Crippen LogP contribution in [0.2, 0.25) is 5.02 Å². The Hall–Kier alpha value is -2.21. The van der Waals surface area contributed by atoms with Crippen LogP contribution in [-0.4, -0.2) is 34.5 Å². The molecule has 2 aromatic rings. The van der Waals surface area contributed by atoms with Gasteiger partial charge in [-0.1, -0.05) is 11.6 Å². The molecule has 6 nitrogen and oxygen atoms in total. The predicted molar refractivity (Wildman–Crippen MR) is 71.6 cm³/mol. The second-order valence-electron chi connectivity index (χ2n) is 4.27. The van der Waals surface area contributed by atoms with E-state index in [1.807, 2.05) is 0 Å². The Morgan fingerprint density at radius 2 is 2.15 bits per heavy atom. The van der Waals surface area contributed by atoms with Gasteiger partial charge >= 0.3 is 5.97 Å². The molecular formula is C13H11ClN2O4. The van der Waals surface area contributed by atoms with Gasteiger partial charge < -0.3 is 14.6 Å². The van der Waals surface area contributed by atoms with E-state index in [0.717, 1.165) is 6.42 Å². The van der Waals surface area contributed by atoms with Gasteiger partial charge in [0.05, 0.1) is 29.5 Å². The van der Waals surface area contributed by atoms with Crippen molar-refractivity contribution in [2.24, 2.45) is 0 Å². The molecule has 0 spiro atoms. The number of benzene rings is 1. The molecule has 3 rings (SSSR count). The van der Waals surface area contributed by atoms with Crippen molar-refractivity contribution in [3.63, 3.8) is 0 Å². The van der Waals surface area contributed by atoms with Gasteiger partial charge in [0, 0.05) is 6.42 Å². The quantitative estimate of drug-likeness (QED) is 0.889. The highest BCUT2D eigenvalue weighted by molar-refractivity contribution is 6.33. The molecule has 0 saturated carbocycles. The monoisotopic (exact) mass is 294 g/mol. The van der Waals surface area contributed by atoms with E-state index in [2.05, 4.69) is 10.2 Å². The highest BCUT2D eigenvalue weighted by Gasteiger charge is 2.21. The van der Waals surface area contributed by atoms with Gasteiger partial charge in [-0.3, -0.25) is 5.10 Å². The molecule has 0 amide bonds. The van der Waals surface area contributed by atoms with Crippen molar-refractivity contribution >= 4 is 17.6 Å². The van der Waals surface area contributed by atoms with Crippen LogP contribution in [0.15, 0.2) is 18.2 Å². The van der Waals surface area contributed by atoms with Gasteiger partial charge in [0.2, 0.25) is 0 Å². The predicted octanol–water partition coefficient (Wildman–Crippen LogP) is 2.59. The lowest BCUT2D eigenvalue weighted by Gasteiger charge is -2.12. The summed E-state index contributed by atoms with van der Waals surface area (Å²) in [6.45, 7) is 1.07. The number of nitrogens with one attached hydrogen (secondary N) is 1. The van der Waals surface area contributed by atoms with Gasteiger partial charge in [-0.2, -0.15) is 5.10 Å². The number of carbonyl (C=O) groups is 1. The molecule has 0 atom stereocenters. The average molecular weight is 295 g/mol. The minimum Gasteiger partial charge on any atom is -0.490 e. The van der Waals surface area contributed by atoms with Crippen molar-refractivity contribution in [3.8, 4) is 22.8 Å². The maximum absolute atomic E-state index is 10.9. The number of fused-ring (bicyclic) bond motifs is 1. The average Bonchev–Trinajstić information content (AvgIpc) is 2.78. The summed E-state index contributed by atoms with van der Waals surface area (Å²) in [5.41, 5.74) is 0.938. The van der Waals surface area contributed by atoms with E-state index in [4.69, 9.17) is 26.2 Å². The van der Waals surface area contributed by atoms with Crippen molar-refractivity contribution in [1.82, 2.24) is 10.2 Å². The third-order valence-corrected chi connectivity index (χ3v) is 3.24. The number of hydrogen-bond donors (Lipinski definition) is 2. The molecule has 0 fully saturated rings. The fraction of sp³-hybridized carbons (Fsp3) is 0.231. The van der Waals surface area contributed by atoms with Crippen LogP contribution < -0.4 is 9.47 Å². The Balaban J connectivity index is 2.14. The number of nitrogens with zero attached hydrogens (tertiary/aromatic N) is 1. The van der Waals surface area contributed by atoms with Crippen LogP contribution >= 0.6 is 11.6 Å². The van der Waals surface area contributed by atoms with E-state index in [-0.39, 0.29) is 5.69 Å². The Morgan fingerprint density at radius 3 is 2.90 bits per heavy atom. The number of carboxylic acids is 1. The normalized spacial score (nSPS) is 13.8. The van der Waals surface area contributed by atoms with Crippen LogP contribution in [-0.2, 0) is 0 Å². The molecule has 2 N–H and O–H groups in total. The molecule has 0 saturated heterocycles. The zero-order valence-electron chi connectivity index (χ0n) is 10.4. The highest BCUT2D eigenvalue weighted by atomic mass is 35.5.